The van der Waals surface area contributed by atoms with Gasteiger partial charge in [-0.3, -0.25) is 0 Å². The number of rotatable bonds is 1. The number of ether oxygens (including phenoxy) is 1. The predicted molar refractivity (Wildman–Crippen MR) is 45.0 cm³/mol. The second-order valence-electron chi connectivity index (χ2n) is 1.85. The van der Waals surface area contributed by atoms with Gasteiger partial charge in [-0.2, -0.15) is 0 Å². The van der Waals surface area contributed by atoms with Crippen LogP contribution in [0.3, 0.4) is 0 Å². The molecule has 1 heterocycles. The third-order valence-electron chi connectivity index (χ3n) is 1.27. The Kier molecular flexibility index (Phi) is 3.32. The Morgan fingerprint density at radius 2 is 2.00 bits per heavy atom. The molecule has 0 unspecified atom stereocenters. The number of nitrogens with zero attached hydrogens (tertiary/aromatic N) is 1. The summed E-state index contributed by atoms with van der Waals surface area (Å²) in [5.41, 5.74) is 0. The maximum Gasteiger partial charge on any atom is 0.166 e. The standard InChI is InChI=1S/C4H10INOSi/c5-8-6-1-3-7-4-2-6/h1-4,8H2. The van der Waals surface area contributed by atoms with Crippen molar-refractivity contribution in [2.45, 2.75) is 0 Å². The van der Waals surface area contributed by atoms with Crippen LogP contribution in [-0.4, -0.2) is 38.0 Å². The van der Waals surface area contributed by atoms with Crippen molar-refractivity contribution in [1.82, 2.24) is 4.57 Å². The van der Waals surface area contributed by atoms with Crippen LogP contribution in [0.4, 0.5) is 0 Å². The smallest absolute Gasteiger partial charge is 0.166 e. The molecule has 0 aromatic heterocycles. The van der Waals surface area contributed by atoms with E-state index in [2.05, 4.69) is 26.4 Å². The Morgan fingerprint density at radius 1 is 1.38 bits per heavy atom. The molecular weight excluding hydrogens is 233 g/mol. The van der Waals surface area contributed by atoms with Crippen molar-refractivity contribution < 1.29 is 4.74 Å². The third-order valence-corrected chi connectivity index (χ3v) is 5.14. The van der Waals surface area contributed by atoms with Crippen LogP contribution < -0.4 is 0 Å². The monoisotopic (exact) mass is 243 g/mol. The lowest BCUT2D eigenvalue weighted by atomic mass is 10.5. The molecule has 4 heteroatoms. The van der Waals surface area contributed by atoms with Gasteiger partial charge in [0.1, 0.15) is 0 Å². The Morgan fingerprint density at radius 3 is 2.38 bits per heavy atom. The number of hydrogen-bond donors (Lipinski definition) is 0. The molecule has 0 radical (unpaired) electrons. The Labute approximate surface area is 64.7 Å². The number of morpholine rings is 1. The van der Waals surface area contributed by atoms with E-state index in [4.69, 9.17) is 4.74 Å². The van der Waals surface area contributed by atoms with E-state index in [0.717, 1.165) is 13.2 Å². The van der Waals surface area contributed by atoms with E-state index in [1.165, 1.54) is 13.1 Å². The quantitative estimate of drug-likeness (QED) is 0.358. The third kappa shape index (κ3) is 2.00. The Balaban J connectivity index is 2.13. The van der Waals surface area contributed by atoms with Crippen LogP contribution in [0.2, 0.25) is 0 Å². The van der Waals surface area contributed by atoms with Gasteiger partial charge in [0.25, 0.3) is 0 Å². The predicted octanol–water partition coefficient (Wildman–Crippen LogP) is -0.248. The summed E-state index contributed by atoms with van der Waals surface area (Å²) in [6.07, 6.45) is 0. The molecule has 2 nitrogen and oxygen atoms in total. The lowest BCUT2D eigenvalue weighted by Crippen LogP contribution is -2.36. The Hall–Kier alpha value is 0.867. The van der Waals surface area contributed by atoms with Crippen molar-refractivity contribution in [3.05, 3.63) is 0 Å². The summed E-state index contributed by atoms with van der Waals surface area (Å²) in [6.45, 7) is 4.26. The van der Waals surface area contributed by atoms with Crippen molar-refractivity contribution >= 4 is 29.0 Å². The normalized spacial score (nSPS) is 25.1. The zero-order chi connectivity index (χ0) is 5.82. The summed E-state index contributed by atoms with van der Waals surface area (Å²) >= 11 is 2.52. The second kappa shape index (κ2) is 3.81. The molecule has 1 fully saturated rings. The summed E-state index contributed by atoms with van der Waals surface area (Å²) in [4.78, 5) is 0. The molecule has 1 aliphatic heterocycles. The van der Waals surface area contributed by atoms with Gasteiger partial charge in [0.05, 0.1) is 13.2 Å². The first-order chi connectivity index (χ1) is 3.93. The second-order valence-corrected chi connectivity index (χ2v) is 5.03. The van der Waals surface area contributed by atoms with Gasteiger partial charge in [0.2, 0.25) is 0 Å². The van der Waals surface area contributed by atoms with Crippen molar-refractivity contribution in [2.24, 2.45) is 0 Å². The first-order valence-electron chi connectivity index (χ1n) is 2.79. The molecule has 0 aliphatic carbocycles. The van der Waals surface area contributed by atoms with Crippen molar-refractivity contribution in [1.29, 1.82) is 0 Å². The molecule has 0 amide bonds. The molecule has 0 spiro atoms. The molecule has 48 valence electrons. The average molecular weight is 243 g/mol. The molecule has 0 N–H and O–H groups in total. The first-order valence-corrected chi connectivity index (χ1v) is 8.54. The largest absolute Gasteiger partial charge is 0.379 e. The van der Waals surface area contributed by atoms with Gasteiger partial charge < -0.3 is 9.30 Å². The van der Waals surface area contributed by atoms with Gasteiger partial charge >= 0.3 is 0 Å². The SMILES string of the molecule is I[SiH2]N1CCOCC1. The fourth-order valence-corrected chi connectivity index (χ4v) is 3.26. The van der Waals surface area contributed by atoms with Gasteiger partial charge in [-0.15, -0.1) is 21.8 Å². The minimum Gasteiger partial charge on any atom is -0.379 e. The fraction of sp³-hybridized carbons (Fsp3) is 1.00. The molecule has 1 aliphatic rings. The van der Waals surface area contributed by atoms with E-state index in [9.17, 15) is 0 Å². The van der Waals surface area contributed by atoms with Gasteiger partial charge in [-0.25, -0.2) is 0 Å². The zero-order valence-electron chi connectivity index (χ0n) is 4.77. The van der Waals surface area contributed by atoms with Crippen LogP contribution in [0.5, 0.6) is 0 Å². The average Bonchev–Trinajstić information content (AvgIpc) is 1.90. The van der Waals surface area contributed by atoms with Crippen LogP contribution in [0, 0.1) is 0 Å². The summed E-state index contributed by atoms with van der Waals surface area (Å²) in [5.74, 6) is 0. The van der Waals surface area contributed by atoms with Gasteiger partial charge in [0, 0.05) is 13.1 Å². The highest BCUT2D eigenvalue weighted by Gasteiger charge is 2.06. The lowest BCUT2D eigenvalue weighted by Gasteiger charge is -2.23. The fourth-order valence-electron chi connectivity index (χ4n) is 0.721. The number of halogens is 1. The minimum atomic E-state index is 0.0915. The number of hydrogen-bond acceptors (Lipinski definition) is 2. The van der Waals surface area contributed by atoms with Crippen molar-refractivity contribution in [2.75, 3.05) is 26.3 Å². The van der Waals surface area contributed by atoms with E-state index in [1.54, 1.807) is 0 Å². The van der Waals surface area contributed by atoms with E-state index >= 15 is 0 Å². The van der Waals surface area contributed by atoms with Gasteiger partial charge in [0.15, 0.2) is 7.18 Å². The summed E-state index contributed by atoms with van der Waals surface area (Å²) in [6, 6.07) is 0. The van der Waals surface area contributed by atoms with Crippen LogP contribution in [0.25, 0.3) is 0 Å². The molecule has 0 aromatic carbocycles. The molecule has 1 saturated heterocycles. The summed E-state index contributed by atoms with van der Waals surface area (Å²) in [5, 5.41) is 0. The first kappa shape index (κ1) is 6.98. The van der Waals surface area contributed by atoms with E-state index in [0.29, 0.717) is 0 Å². The highest BCUT2D eigenvalue weighted by atomic mass is 127. The van der Waals surface area contributed by atoms with E-state index < -0.39 is 0 Å². The molecule has 1 rings (SSSR count). The van der Waals surface area contributed by atoms with Gasteiger partial charge in [-0.1, -0.05) is 0 Å². The van der Waals surface area contributed by atoms with Crippen molar-refractivity contribution in [3.63, 3.8) is 0 Å². The van der Waals surface area contributed by atoms with Crippen LogP contribution in [0.1, 0.15) is 0 Å². The van der Waals surface area contributed by atoms with Gasteiger partial charge in [-0.05, 0) is 0 Å². The maximum atomic E-state index is 5.18. The molecular formula is C4H10INOSi. The summed E-state index contributed by atoms with van der Waals surface area (Å²) in [7, 11) is 0.0915. The minimum absolute atomic E-state index is 0.0915. The van der Waals surface area contributed by atoms with E-state index in [-0.39, 0.29) is 7.18 Å². The molecule has 0 saturated carbocycles. The highest BCUT2D eigenvalue weighted by molar-refractivity contribution is 14.1. The molecule has 0 aromatic rings. The van der Waals surface area contributed by atoms with Crippen LogP contribution >= 0.6 is 21.8 Å². The van der Waals surface area contributed by atoms with Crippen LogP contribution in [-0.2, 0) is 4.74 Å². The zero-order valence-corrected chi connectivity index (χ0v) is 8.34. The molecule has 0 bridgehead atoms. The van der Waals surface area contributed by atoms with E-state index in [1.807, 2.05) is 0 Å². The Bertz CT molecular complexity index is 67.1. The van der Waals surface area contributed by atoms with Crippen molar-refractivity contribution in [3.8, 4) is 0 Å². The molecule has 8 heavy (non-hydrogen) atoms. The maximum absolute atomic E-state index is 5.18. The topological polar surface area (TPSA) is 12.5 Å². The molecule has 0 atom stereocenters. The lowest BCUT2D eigenvalue weighted by molar-refractivity contribution is 0.0737. The van der Waals surface area contributed by atoms with Crippen LogP contribution in [0.15, 0.2) is 0 Å². The summed E-state index contributed by atoms with van der Waals surface area (Å²) < 4.78 is 7.70. The highest BCUT2D eigenvalue weighted by Crippen LogP contribution is 1.95.